The van der Waals surface area contributed by atoms with Crippen molar-refractivity contribution in [1.82, 2.24) is 9.55 Å². The van der Waals surface area contributed by atoms with Gasteiger partial charge in [-0.1, -0.05) is 18.0 Å². The van der Waals surface area contributed by atoms with Crippen LogP contribution in [0.4, 0.5) is 18.9 Å². The largest absolute Gasteiger partial charge is 0.465 e. The van der Waals surface area contributed by atoms with Crippen LogP contribution >= 0.6 is 11.6 Å². The molecule has 0 atom stereocenters. The molecule has 0 spiro atoms. The second-order valence-corrected chi connectivity index (χ2v) is 10.0. The molecule has 1 heterocycles. The summed E-state index contributed by atoms with van der Waals surface area (Å²) in [4.78, 5) is 31.4. The van der Waals surface area contributed by atoms with E-state index in [1.54, 1.807) is 28.8 Å². The van der Waals surface area contributed by atoms with Gasteiger partial charge in [-0.25, -0.2) is 22.9 Å². The molecule has 4 aromatic rings. The van der Waals surface area contributed by atoms with Crippen molar-refractivity contribution in [3.05, 3.63) is 82.6 Å². The normalized spacial score (nSPS) is 14.8. The fourth-order valence-electron chi connectivity index (χ4n) is 5.57. The lowest BCUT2D eigenvalue weighted by molar-refractivity contribution is -0.119. The number of benzene rings is 3. The van der Waals surface area contributed by atoms with Crippen molar-refractivity contribution in [2.45, 2.75) is 44.7 Å². The fraction of sp³-hybridized carbons (Fsp3) is 0.276. The van der Waals surface area contributed by atoms with E-state index in [0.29, 0.717) is 42.1 Å². The summed E-state index contributed by atoms with van der Waals surface area (Å²) < 4.78 is 51.1. The summed E-state index contributed by atoms with van der Waals surface area (Å²) in [6.45, 7) is 1.32. The van der Waals surface area contributed by atoms with Crippen LogP contribution in [0.5, 0.6) is 0 Å². The maximum Gasteiger partial charge on any atom is 0.337 e. The van der Waals surface area contributed by atoms with Gasteiger partial charge < -0.3 is 4.74 Å². The highest BCUT2D eigenvalue weighted by Gasteiger charge is 2.45. The summed E-state index contributed by atoms with van der Waals surface area (Å²) in [5, 5.41) is 0.490. The first-order valence-corrected chi connectivity index (χ1v) is 12.9. The van der Waals surface area contributed by atoms with Gasteiger partial charge in [0.05, 0.1) is 29.4 Å². The van der Waals surface area contributed by atoms with E-state index in [9.17, 15) is 18.4 Å². The van der Waals surface area contributed by atoms with E-state index in [-0.39, 0.29) is 22.3 Å². The monoisotopic (exact) mass is 555 g/mol. The topological polar surface area (TPSA) is 64.4 Å². The van der Waals surface area contributed by atoms with E-state index in [1.807, 2.05) is 0 Å². The quantitative estimate of drug-likeness (QED) is 0.244. The number of ether oxygens (including phenoxy) is 1. The van der Waals surface area contributed by atoms with Crippen LogP contribution in [-0.2, 0) is 15.2 Å². The van der Waals surface area contributed by atoms with Crippen molar-refractivity contribution in [2.75, 3.05) is 12.0 Å². The molecule has 6 nitrogen and oxygen atoms in total. The van der Waals surface area contributed by atoms with E-state index in [4.69, 9.17) is 16.3 Å². The number of rotatable bonds is 5. The van der Waals surface area contributed by atoms with Crippen LogP contribution in [0, 0.1) is 17.5 Å². The molecule has 1 aromatic heterocycles. The summed E-state index contributed by atoms with van der Waals surface area (Å²) in [5.74, 6) is -3.75. The molecule has 1 saturated carbocycles. The average molecular weight is 556 g/mol. The molecule has 1 aliphatic carbocycles. The van der Waals surface area contributed by atoms with Crippen LogP contribution in [-0.4, -0.2) is 28.5 Å². The number of imidazole rings is 1. The highest BCUT2D eigenvalue weighted by Crippen LogP contribution is 2.46. The van der Waals surface area contributed by atoms with Gasteiger partial charge in [0, 0.05) is 29.6 Å². The smallest absolute Gasteiger partial charge is 0.337 e. The van der Waals surface area contributed by atoms with E-state index >= 15 is 4.39 Å². The Balaban J connectivity index is 1.83. The maximum absolute atomic E-state index is 15.7. The lowest BCUT2D eigenvalue weighted by Crippen LogP contribution is -2.55. The molecule has 5 rings (SSSR count). The van der Waals surface area contributed by atoms with E-state index in [1.165, 1.54) is 31.1 Å². The van der Waals surface area contributed by atoms with Gasteiger partial charge in [-0.3, -0.25) is 14.3 Å². The first kappa shape index (κ1) is 26.7. The first-order chi connectivity index (χ1) is 18.7. The molecule has 0 N–H and O–H groups in total. The Bertz CT molecular complexity index is 1580. The molecular formula is C29H25ClF3N3O3. The maximum atomic E-state index is 15.7. The zero-order valence-corrected chi connectivity index (χ0v) is 22.1. The average Bonchev–Trinajstić information content (AvgIpc) is 3.28. The molecule has 1 amide bonds. The lowest BCUT2D eigenvalue weighted by Gasteiger charge is -2.48. The number of anilines is 1. The van der Waals surface area contributed by atoms with Crippen molar-refractivity contribution in [1.29, 1.82) is 0 Å². The highest BCUT2D eigenvalue weighted by molar-refractivity contribution is 6.30. The molecule has 0 unspecified atom stereocenters. The molecule has 10 heteroatoms. The lowest BCUT2D eigenvalue weighted by atomic mass is 9.85. The minimum atomic E-state index is -1.22. The predicted molar refractivity (Wildman–Crippen MR) is 142 cm³/mol. The predicted octanol–water partition coefficient (Wildman–Crippen LogP) is 7.23. The third-order valence-electron chi connectivity index (χ3n) is 7.21. The highest BCUT2D eigenvalue weighted by atomic mass is 35.5. The van der Waals surface area contributed by atoms with E-state index in [0.717, 1.165) is 24.6 Å². The number of carbonyl (C=O) groups excluding carboxylic acids is 2. The summed E-state index contributed by atoms with van der Waals surface area (Å²) in [5.41, 5.74) is -0.221. The Hall–Kier alpha value is -3.85. The van der Waals surface area contributed by atoms with Gasteiger partial charge in [-0.15, -0.1) is 0 Å². The number of hydrogen-bond acceptors (Lipinski definition) is 4. The summed E-state index contributed by atoms with van der Waals surface area (Å²) in [7, 11) is 1.19. The minimum Gasteiger partial charge on any atom is -0.465 e. The number of aromatic nitrogens is 2. The van der Waals surface area contributed by atoms with Crippen LogP contribution in [0.1, 0.15) is 49.4 Å². The SMILES string of the molecule is COC(=O)c1ccc(N(C(C)=O)C2(n3c(-c4ccc(Cl)cc4)nc4cc(F)c(F)cc43)CCCCC2)c(F)c1. The zero-order chi connectivity index (χ0) is 27.9. The zero-order valence-electron chi connectivity index (χ0n) is 21.3. The molecule has 0 saturated heterocycles. The first-order valence-electron chi connectivity index (χ1n) is 12.5. The van der Waals surface area contributed by atoms with Crippen molar-refractivity contribution >= 4 is 40.2 Å². The van der Waals surface area contributed by atoms with Gasteiger partial charge in [0.15, 0.2) is 11.6 Å². The van der Waals surface area contributed by atoms with Crippen molar-refractivity contribution in [3.8, 4) is 11.4 Å². The van der Waals surface area contributed by atoms with Crippen LogP contribution in [0.3, 0.4) is 0 Å². The van der Waals surface area contributed by atoms with Gasteiger partial charge in [0.1, 0.15) is 17.3 Å². The number of nitrogens with zero attached hydrogens (tertiary/aromatic N) is 3. The van der Waals surface area contributed by atoms with Crippen molar-refractivity contribution < 1.29 is 27.5 Å². The summed E-state index contributed by atoms with van der Waals surface area (Å²) in [6.07, 6.45) is 3.05. The second kappa shape index (κ2) is 10.4. The number of amides is 1. The second-order valence-electron chi connectivity index (χ2n) is 9.59. The minimum absolute atomic E-state index is 0.00701. The Morgan fingerprint density at radius 2 is 1.62 bits per heavy atom. The molecule has 202 valence electrons. The molecule has 0 radical (unpaired) electrons. The Labute approximate surface area is 228 Å². The number of methoxy groups -OCH3 is 1. The Morgan fingerprint density at radius 1 is 0.949 bits per heavy atom. The number of esters is 1. The Morgan fingerprint density at radius 3 is 2.23 bits per heavy atom. The molecule has 1 aliphatic rings. The molecule has 1 fully saturated rings. The van der Waals surface area contributed by atoms with Crippen LogP contribution < -0.4 is 4.90 Å². The standard InChI is InChI=1S/C29H25ClF3N3O3/c1-17(37)35(25-11-8-19(14-23(25)33)28(38)39-2)29(12-4-3-5-13-29)36-26-16-22(32)21(31)15-24(26)34-27(36)18-6-9-20(30)10-7-18/h6-11,14-16H,3-5,12-13H2,1-2H3. The van der Waals surface area contributed by atoms with Gasteiger partial charge >= 0.3 is 5.97 Å². The van der Waals surface area contributed by atoms with Crippen molar-refractivity contribution in [2.24, 2.45) is 0 Å². The third-order valence-corrected chi connectivity index (χ3v) is 7.46. The van der Waals surface area contributed by atoms with Gasteiger partial charge in [0.2, 0.25) is 5.91 Å². The summed E-state index contributed by atoms with van der Waals surface area (Å²) >= 11 is 6.12. The van der Waals surface area contributed by atoms with Crippen molar-refractivity contribution in [3.63, 3.8) is 0 Å². The number of halogens is 4. The molecule has 0 bridgehead atoms. The molecular weight excluding hydrogens is 531 g/mol. The van der Waals surface area contributed by atoms with Gasteiger partial charge in [0.25, 0.3) is 0 Å². The molecule has 3 aromatic carbocycles. The van der Waals surface area contributed by atoms with Crippen LogP contribution in [0.2, 0.25) is 5.02 Å². The molecule has 0 aliphatic heterocycles. The van der Waals surface area contributed by atoms with Crippen LogP contribution in [0.15, 0.2) is 54.6 Å². The number of carbonyl (C=O) groups is 2. The van der Waals surface area contributed by atoms with E-state index < -0.39 is 35.0 Å². The number of hydrogen-bond donors (Lipinski definition) is 0. The van der Waals surface area contributed by atoms with Gasteiger partial charge in [-0.2, -0.15) is 0 Å². The van der Waals surface area contributed by atoms with E-state index in [2.05, 4.69) is 4.98 Å². The Kier molecular flexibility index (Phi) is 7.11. The fourth-order valence-corrected chi connectivity index (χ4v) is 5.70. The van der Waals surface area contributed by atoms with Crippen LogP contribution in [0.25, 0.3) is 22.4 Å². The third kappa shape index (κ3) is 4.65. The van der Waals surface area contributed by atoms with Gasteiger partial charge in [-0.05, 0) is 68.1 Å². The summed E-state index contributed by atoms with van der Waals surface area (Å²) in [6, 6.07) is 12.6. The number of fused-ring (bicyclic) bond motifs is 1. The molecule has 39 heavy (non-hydrogen) atoms.